The van der Waals surface area contributed by atoms with Crippen LogP contribution in [0.15, 0.2) is 22.7 Å². The number of anilines is 1. The molecular formula is C12H15BrFNO2. The monoisotopic (exact) mass is 303 g/mol. The molecule has 1 rings (SSSR count). The number of esters is 1. The number of halogens is 2. The molecule has 0 aliphatic heterocycles. The van der Waals surface area contributed by atoms with Crippen molar-refractivity contribution >= 4 is 27.6 Å². The van der Waals surface area contributed by atoms with Gasteiger partial charge in [0.05, 0.1) is 12.3 Å². The molecule has 0 amide bonds. The van der Waals surface area contributed by atoms with Gasteiger partial charge in [-0.1, -0.05) is 6.92 Å². The Hall–Kier alpha value is -1.10. The second-order valence-corrected chi connectivity index (χ2v) is 4.34. The molecule has 17 heavy (non-hydrogen) atoms. The number of ether oxygens (including phenoxy) is 1. The summed E-state index contributed by atoms with van der Waals surface area (Å²) < 4.78 is 18.7. The summed E-state index contributed by atoms with van der Waals surface area (Å²) in [6, 6.07) is 3.82. The van der Waals surface area contributed by atoms with E-state index in [-0.39, 0.29) is 11.8 Å². The molecule has 0 saturated carbocycles. The van der Waals surface area contributed by atoms with E-state index in [0.29, 0.717) is 23.2 Å². The van der Waals surface area contributed by atoms with E-state index in [1.807, 2.05) is 6.92 Å². The Morgan fingerprint density at radius 3 is 2.82 bits per heavy atom. The molecule has 0 heterocycles. The van der Waals surface area contributed by atoms with Crippen molar-refractivity contribution in [3.8, 4) is 0 Å². The van der Waals surface area contributed by atoms with Gasteiger partial charge in [0.1, 0.15) is 11.9 Å². The van der Waals surface area contributed by atoms with Crippen LogP contribution in [0.4, 0.5) is 10.1 Å². The average Bonchev–Trinajstić information content (AvgIpc) is 2.30. The number of hydrogen-bond acceptors (Lipinski definition) is 3. The van der Waals surface area contributed by atoms with Crippen molar-refractivity contribution in [2.45, 2.75) is 26.3 Å². The highest BCUT2D eigenvalue weighted by atomic mass is 79.9. The molecule has 0 bridgehead atoms. The van der Waals surface area contributed by atoms with Crippen LogP contribution < -0.4 is 5.32 Å². The summed E-state index contributed by atoms with van der Waals surface area (Å²) in [7, 11) is 0. The molecule has 0 spiro atoms. The normalized spacial score (nSPS) is 12.0. The van der Waals surface area contributed by atoms with E-state index >= 15 is 0 Å². The predicted octanol–water partition coefficient (Wildman–Crippen LogP) is 3.34. The van der Waals surface area contributed by atoms with Crippen molar-refractivity contribution in [3.05, 3.63) is 28.5 Å². The molecule has 0 aromatic heterocycles. The Labute approximate surface area is 108 Å². The largest absolute Gasteiger partial charge is 0.464 e. The van der Waals surface area contributed by atoms with Gasteiger partial charge in [-0.3, -0.25) is 0 Å². The molecule has 0 aliphatic carbocycles. The fraction of sp³-hybridized carbons (Fsp3) is 0.417. The lowest BCUT2D eigenvalue weighted by Gasteiger charge is -2.17. The highest BCUT2D eigenvalue weighted by Crippen LogP contribution is 2.24. The van der Waals surface area contributed by atoms with E-state index in [1.54, 1.807) is 13.0 Å². The second kappa shape index (κ2) is 6.59. The molecular weight excluding hydrogens is 289 g/mol. The lowest BCUT2D eigenvalue weighted by atomic mass is 10.2. The van der Waals surface area contributed by atoms with E-state index in [0.717, 1.165) is 0 Å². The minimum Gasteiger partial charge on any atom is -0.464 e. The standard InChI is InChI=1S/C12H15BrFNO2/c1-3-10(12(16)17-4-2)15-11-7-8(14)5-6-9(11)13/h5-7,10,15H,3-4H2,1-2H3. The van der Waals surface area contributed by atoms with Gasteiger partial charge in [-0.25, -0.2) is 9.18 Å². The van der Waals surface area contributed by atoms with Crippen LogP contribution in [-0.4, -0.2) is 18.6 Å². The van der Waals surface area contributed by atoms with E-state index in [9.17, 15) is 9.18 Å². The lowest BCUT2D eigenvalue weighted by Crippen LogP contribution is -2.30. The number of nitrogens with one attached hydrogen (secondary N) is 1. The Bertz CT molecular complexity index is 398. The second-order valence-electron chi connectivity index (χ2n) is 3.48. The van der Waals surface area contributed by atoms with E-state index in [1.165, 1.54) is 12.1 Å². The summed E-state index contributed by atoms with van der Waals surface area (Å²) >= 11 is 3.29. The molecule has 94 valence electrons. The smallest absolute Gasteiger partial charge is 0.328 e. The minimum atomic E-state index is -0.465. The van der Waals surface area contributed by atoms with Crippen molar-refractivity contribution in [1.29, 1.82) is 0 Å². The van der Waals surface area contributed by atoms with Crippen LogP contribution >= 0.6 is 15.9 Å². The maximum absolute atomic E-state index is 13.1. The third-order valence-electron chi connectivity index (χ3n) is 2.24. The van der Waals surface area contributed by atoms with Crippen LogP contribution in [0.25, 0.3) is 0 Å². The molecule has 5 heteroatoms. The Balaban J connectivity index is 2.80. The van der Waals surface area contributed by atoms with Crippen LogP contribution in [0.1, 0.15) is 20.3 Å². The molecule has 0 saturated heterocycles. The van der Waals surface area contributed by atoms with Crippen molar-refractivity contribution < 1.29 is 13.9 Å². The summed E-state index contributed by atoms with van der Waals surface area (Å²) in [5.74, 6) is -0.680. The van der Waals surface area contributed by atoms with Gasteiger partial charge < -0.3 is 10.1 Å². The van der Waals surface area contributed by atoms with Crippen molar-refractivity contribution in [3.63, 3.8) is 0 Å². The van der Waals surface area contributed by atoms with Gasteiger partial charge in [-0.05, 0) is 47.5 Å². The lowest BCUT2D eigenvalue weighted by molar-refractivity contribution is -0.144. The van der Waals surface area contributed by atoms with Crippen molar-refractivity contribution in [1.82, 2.24) is 0 Å². The Kier molecular flexibility index (Phi) is 5.41. The highest BCUT2D eigenvalue weighted by molar-refractivity contribution is 9.10. The molecule has 1 N–H and O–H groups in total. The SMILES string of the molecule is CCOC(=O)C(CC)Nc1cc(F)ccc1Br. The summed E-state index contributed by atoms with van der Waals surface area (Å²) in [4.78, 5) is 11.6. The van der Waals surface area contributed by atoms with Crippen molar-refractivity contribution in [2.24, 2.45) is 0 Å². The number of hydrogen-bond donors (Lipinski definition) is 1. The quantitative estimate of drug-likeness (QED) is 0.848. The zero-order chi connectivity index (χ0) is 12.8. The van der Waals surface area contributed by atoms with Gasteiger partial charge in [0.2, 0.25) is 0 Å². The van der Waals surface area contributed by atoms with Gasteiger partial charge in [0, 0.05) is 4.47 Å². The number of benzene rings is 1. The van der Waals surface area contributed by atoms with Crippen LogP contribution in [0.2, 0.25) is 0 Å². The van der Waals surface area contributed by atoms with Gasteiger partial charge in [0.25, 0.3) is 0 Å². The fourth-order valence-corrected chi connectivity index (χ4v) is 1.73. The molecule has 0 aliphatic rings. The fourth-order valence-electron chi connectivity index (χ4n) is 1.37. The maximum atomic E-state index is 13.1. The number of rotatable bonds is 5. The van der Waals surface area contributed by atoms with Crippen LogP contribution in [0.5, 0.6) is 0 Å². The van der Waals surface area contributed by atoms with Crippen LogP contribution in [0, 0.1) is 5.82 Å². The maximum Gasteiger partial charge on any atom is 0.328 e. The minimum absolute atomic E-state index is 0.328. The van der Waals surface area contributed by atoms with Crippen LogP contribution in [0.3, 0.4) is 0 Å². The third kappa shape index (κ3) is 4.00. The molecule has 0 fully saturated rings. The first-order chi connectivity index (χ1) is 8.08. The summed E-state index contributed by atoms with van der Waals surface area (Å²) in [6.45, 7) is 3.95. The Morgan fingerprint density at radius 2 is 2.24 bits per heavy atom. The summed E-state index contributed by atoms with van der Waals surface area (Å²) in [5, 5.41) is 2.96. The molecule has 1 aromatic rings. The van der Waals surface area contributed by atoms with Crippen molar-refractivity contribution in [2.75, 3.05) is 11.9 Å². The molecule has 1 unspecified atom stereocenters. The summed E-state index contributed by atoms with van der Waals surface area (Å²) in [5.41, 5.74) is 0.546. The molecule has 1 aromatic carbocycles. The van der Waals surface area contributed by atoms with E-state index < -0.39 is 6.04 Å². The molecule has 1 atom stereocenters. The zero-order valence-corrected chi connectivity index (χ0v) is 11.4. The average molecular weight is 304 g/mol. The molecule has 0 radical (unpaired) electrons. The zero-order valence-electron chi connectivity index (χ0n) is 9.80. The number of carbonyl (C=O) groups is 1. The van der Waals surface area contributed by atoms with Gasteiger partial charge in [0.15, 0.2) is 0 Å². The van der Waals surface area contributed by atoms with Crippen LogP contribution in [-0.2, 0) is 9.53 Å². The third-order valence-corrected chi connectivity index (χ3v) is 2.93. The Morgan fingerprint density at radius 1 is 1.53 bits per heavy atom. The highest BCUT2D eigenvalue weighted by Gasteiger charge is 2.18. The van der Waals surface area contributed by atoms with E-state index in [4.69, 9.17) is 4.74 Å². The summed E-state index contributed by atoms with van der Waals surface area (Å²) in [6.07, 6.45) is 0.571. The first-order valence-electron chi connectivity index (χ1n) is 5.46. The first-order valence-corrected chi connectivity index (χ1v) is 6.26. The van der Waals surface area contributed by atoms with E-state index in [2.05, 4.69) is 21.2 Å². The van der Waals surface area contributed by atoms with Gasteiger partial charge >= 0.3 is 5.97 Å². The van der Waals surface area contributed by atoms with Gasteiger partial charge in [-0.15, -0.1) is 0 Å². The first kappa shape index (κ1) is 14.0. The predicted molar refractivity (Wildman–Crippen MR) is 68.4 cm³/mol. The molecule has 3 nitrogen and oxygen atoms in total. The topological polar surface area (TPSA) is 38.3 Å². The van der Waals surface area contributed by atoms with Gasteiger partial charge in [-0.2, -0.15) is 0 Å². The number of carbonyl (C=O) groups excluding carboxylic acids is 1.